The summed E-state index contributed by atoms with van der Waals surface area (Å²) in [5.74, 6) is 1.01. The highest BCUT2D eigenvalue weighted by Gasteiger charge is 2.28. The number of hydrogen-bond acceptors (Lipinski definition) is 5. The number of fused-ring (bicyclic) bond motifs is 3. The molecule has 1 aliphatic carbocycles. The Morgan fingerprint density at radius 1 is 1.39 bits per heavy atom. The number of H-pyrrole nitrogens is 1. The minimum Gasteiger partial charge on any atom is -0.389 e. The van der Waals surface area contributed by atoms with Crippen LogP contribution >= 0.6 is 0 Å². The molecule has 4 rings (SSSR count). The zero-order chi connectivity index (χ0) is 22.2. The van der Waals surface area contributed by atoms with Gasteiger partial charge in [-0.3, -0.25) is 4.79 Å². The van der Waals surface area contributed by atoms with E-state index >= 15 is 0 Å². The van der Waals surface area contributed by atoms with Crippen molar-refractivity contribution in [2.75, 3.05) is 6.54 Å². The maximum atomic E-state index is 12.6. The molecule has 3 heterocycles. The number of pyridine rings is 1. The number of hydrogen-bond donors (Lipinski definition) is 3. The van der Waals surface area contributed by atoms with Crippen molar-refractivity contribution in [2.24, 2.45) is 5.92 Å². The predicted molar refractivity (Wildman–Crippen MR) is 118 cm³/mol. The molecule has 0 aliphatic heterocycles. The highest BCUT2D eigenvalue weighted by Crippen LogP contribution is 2.38. The first kappa shape index (κ1) is 21.3. The molecule has 3 aromatic heterocycles. The third-order valence-electron chi connectivity index (χ3n) is 6.11. The van der Waals surface area contributed by atoms with Crippen molar-refractivity contribution in [2.45, 2.75) is 70.9 Å². The van der Waals surface area contributed by atoms with E-state index in [0.717, 1.165) is 59.3 Å². The lowest BCUT2D eigenvalue weighted by atomic mass is 9.84. The first-order valence-electron chi connectivity index (χ1n) is 11.0. The lowest BCUT2D eigenvalue weighted by Crippen LogP contribution is -2.39. The smallest absolute Gasteiger partial charge is 0.227 e. The Bertz CT molecular complexity index is 1140. The Morgan fingerprint density at radius 2 is 2.13 bits per heavy atom. The molecule has 0 radical (unpaired) electrons. The Kier molecular flexibility index (Phi) is 5.71. The van der Waals surface area contributed by atoms with Gasteiger partial charge >= 0.3 is 0 Å². The molecule has 0 saturated heterocycles. The Morgan fingerprint density at radius 3 is 2.81 bits per heavy atom. The van der Waals surface area contributed by atoms with E-state index in [4.69, 9.17) is 10.2 Å². The maximum absolute atomic E-state index is 12.6. The van der Waals surface area contributed by atoms with Crippen LogP contribution in [0.5, 0.6) is 0 Å². The standard InChI is InChI=1S/C23H30N6O2/c1-14-10-17-21-18(12-25-22(17)27-14)28-19(11-20(30)26-13-23(2,3)31)29(21)16-6-4-15(5-7-16)8-9-24/h10,12,15-16,31H,4-8,11,13H2,1-3H3,(H,25,27)(H,26,30)/t15-,16-. The van der Waals surface area contributed by atoms with Crippen molar-refractivity contribution in [3.8, 4) is 6.07 Å². The van der Waals surface area contributed by atoms with Gasteiger partial charge < -0.3 is 20.0 Å². The third kappa shape index (κ3) is 4.57. The van der Waals surface area contributed by atoms with Gasteiger partial charge in [-0.1, -0.05) is 0 Å². The van der Waals surface area contributed by atoms with Gasteiger partial charge in [-0.15, -0.1) is 0 Å². The number of aliphatic hydroxyl groups is 1. The summed E-state index contributed by atoms with van der Waals surface area (Å²) in [5.41, 5.74) is 2.69. The third-order valence-corrected chi connectivity index (χ3v) is 6.11. The molecule has 1 saturated carbocycles. The number of carbonyl (C=O) groups is 1. The highest BCUT2D eigenvalue weighted by molar-refractivity contribution is 6.02. The number of aryl methyl sites for hydroxylation is 1. The molecule has 164 valence electrons. The van der Waals surface area contributed by atoms with Crippen LogP contribution in [0.3, 0.4) is 0 Å². The highest BCUT2D eigenvalue weighted by atomic mass is 16.3. The van der Waals surface area contributed by atoms with Gasteiger partial charge in [0.25, 0.3) is 0 Å². The fourth-order valence-electron chi connectivity index (χ4n) is 4.61. The molecular weight excluding hydrogens is 392 g/mol. The van der Waals surface area contributed by atoms with Gasteiger partial charge in [0.1, 0.15) is 17.0 Å². The quantitative estimate of drug-likeness (QED) is 0.563. The van der Waals surface area contributed by atoms with E-state index in [-0.39, 0.29) is 24.9 Å². The number of imidazole rings is 1. The second-order valence-electron chi connectivity index (χ2n) is 9.41. The summed E-state index contributed by atoms with van der Waals surface area (Å²) < 4.78 is 2.24. The fourth-order valence-corrected chi connectivity index (χ4v) is 4.61. The lowest BCUT2D eigenvalue weighted by molar-refractivity contribution is -0.121. The monoisotopic (exact) mass is 422 g/mol. The SMILES string of the molecule is Cc1cc2c(ncc3nc(CC(=O)NCC(C)(C)O)n([C@H]4CC[C@H](CC#N)CC4)c32)[nH]1. The van der Waals surface area contributed by atoms with Crippen molar-refractivity contribution in [3.05, 3.63) is 23.8 Å². The van der Waals surface area contributed by atoms with Crippen molar-refractivity contribution >= 4 is 28.0 Å². The lowest BCUT2D eigenvalue weighted by Gasteiger charge is -2.30. The van der Waals surface area contributed by atoms with Crippen LogP contribution in [0.25, 0.3) is 22.1 Å². The summed E-state index contributed by atoms with van der Waals surface area (Å²) in [6.07, 6.45) is 6.45. The number of nitrogens with zero attached hydrogens (tertiary/aromatic N) is 4. The molecule has 0 atom stereocenters. The van der Waals surface area contributed by atoms with E-state index in [9.17, 15) is 9.90 Å². The normalized spacial score (nSPS) is 19.6. The molecule has 1 fully saturated rings. The van der Waals surface area contributed by atoms with E-state index in [1.165, 1.54) is 0 Å². The van der Waals surface area contributed by atoms with E-state index in [2.05, 4.69) is 32.0 Å². The number of amides is 1. The van der Waals surface area contributed by atoms with Crippen LogP contribution in [0, 0.1) is 24.2 Å². The molecule has 0 bridgehead atoms. The number of nitrogens with one attached hydrogen (secondary N) is 2. The summed E-state index contributed by atoms with van der Waals surface area (Å²) in [7, 11) is 0. The van der Waals surface area contributed by atoms with Crippen molar-refractivity contribution < 1.29 is 9.90 Å². The molecule has 8 nitrogen and oxygen atoms in total. The topological polar surface area (TPSA) is 120 Å². The van der Waals surface area contributed by atoms with Gasteiger partial charge in [-0.05, 0) is 58.4 Å². The van der Waals surface area contributed by atoms with E-state index < -0.39 is 5.60 Å². The predicted octanol–water partition coefficient (Wildman–Crippen LogP) is 3.30. The summed E-state index contributed by atoms with van der Waals surface area (Å²) >= 11 is 0. The average molecular weight is 423 g/mol. The van der Waals surface area contributed by atoms with Crippen LogP contribution in [0.15, 0.2) is 12.3 Å². The molecule has 3 aromatic rings. The van der Waals surface area contributed by atoms with Gasteiger partial charge in [0.05, 0.1) is 29.8 Å². The van der Waals surface area contributed by atoms with E-state index in [0.29, 0.717) is 12.3 Å². The second-order valence-corrected chi connectivity index (χ2v) is 9.41. The van der Waals surface area contributed by atoms with Crippen LogP contribution in [-0.2, 0) is 11.2 Å². The average Bonchev–Trinajstić information content (AvgIpc) is 3.26. The molecule has 8 heteroatoms. The number of carbonyl (C=O) groups excluding carboxylic acids is 1. The first-order chi connectivity index (χ1) is 14.7. The van der Waals surface area contributed by atoms with Crippen molar-refractivity contribution in [1.82, 2.24) is 24.8 Å². The molecular formula is C23H30N6O2. The molecule has 3 N–H and O–H groups in total. The van der Waals surface area contributed by atoms with Gasteiger partial charge in [0.15, 0.2) is 0 Å². The number of rotatable bonds is 6. The molecule has 0 unspecified atom stereocenters. The zero-order valence-electron chi connectivity index (χ0n) is 18.4. The Balaban J connectivity index is 1.71. The Labute approximate surface area is 181 Å². The minimum atomic E-state index is -0.965. The van der Waals surface area contributed by atoms with Gasteiger partial charge in [-0.25, -0.2) is 9.97 Å². The number of aromatic nitrogens is 4. The number of aromatic amines is 1. The van der Waals surface area contributed by atoms with Gasteiger partial charge in [0, 0.05) is 30.1 Å². The summed E-state index contributed by atoms with van der Waals surface area (Å²) in [6, 6.07) is 4.62. The van der Waals surface area contributed by atoms with Gasteiger partial charge in [-0.2, -0.15) is 5.26 Å². The van der Waals surface area contributed by atoms with Gasteiger partial charge in [0.2, 0.25) is 5.91 Å². The molecule has 31 heavy (non-hydrogen) atoms. The summed E-state index contributed by atoms with van der Waals surface area (Å²) in [4.78, 5) is 25.2. The van der Waals surface area contributed by atoms with Crippen LogP contribution in [0.1, 0.15) is 63.5 Å². The molecule has 1 amide bonds. The van der Waals surface area contributed by atoms with Crippen molar-refractivity contribution in [1.29, 1.82) is 5.26 Å². The summed E-state index contributed by atoms with van der Waals surface area (Å²) in [6.45, 7) is 5.53. The number of nitriles is 1. The van der Waals surface area contributed by atoms with Crippen LogP contribution in [0.4, 0.5) is 0 Å². The molecule has 0 spiro atoms. The fraction of sp³-hybridized carbons (Fsp3) is 0.565. The zero-order valence-corrected chi connectivity index (χ0v) is 18.4. The van der Waals surface area contributed by atoms with E-state index in [1.807, 2.05) is 6.92 Å². The van der Waals surface area contributed by atoms with Crippen LogP contribution in [0.2, 0.25) is 0 Å². The van der Waals surface area contributed by atoms with Crippen LogP contribution < -0.4 is 5.32 Å². The largest absolute Gasteiger partial charge is 0.389 e. The summed E-state index contributed by atoms with van der Waals surface area (Å²) in [5, 5.41) is 22.8. The maximum Gasteiger partial charge on any atom is 0.227 e. The molecule has 0 aromatic carbocycles. The Hall–Kier alpha value is -2.92. The first-order valence-corrected chi connectivity index (χ1v) is 11.0. The van der Waals surface area contributed by atoms with E-state index in [1.54, 1.807) is 20.0 Å². The van der Waals surface area contributed by atoms with Crippen molar-refractivity contribution in [3.63, 3.8) is 0 Å². The second kappa shape index (κ2) is 8.31. The minimum absolute atomic E-state index is 0.147. The van der Waals surface area contributed by atoms with Crippen LogP contribution in [-0.4, -0.2) is 42.7 Å². The molecule has 1 aliphatic rings.